The molecular weight excluding hydrogens is 310 g/mol. The van der Waals surface area contributed by atoms with E-state index in [1.807, 2.05) is 84.9 Å². The lowest BCUT2D eigenvalue weighted by atomic mass is 10.0. The number of nitrogens with one attached hydrogen (secondary N) is 1. The van der Waals surface area contributed by atoms with Crippen LogP contribution in [0, 0.1) is 0 Å². The molecule has 1 N–H and O–H groups in total. The van der Waals surface area contributed by atoms with Crippen molar-refractivity contribution in [3.63, 3.8) is 0 Å². The lowest BCUT2D eigenvalue weighted by Gasteiger charge is -2.05. The number of fused-ring (bicyclic) bond motifs is 1. The van der Waals surface area contributed by atoms with Crippen LogP contribution in [0.1, 0.15) is 16.7 Å². The molecule has 0 bridgehead atoms. The Kier molecular flexibility index (Phi) is 3.92. The highest BCUT2D eigenvalue weighted by molar-refractivity contribution is 6.53. The summed E-state index contributed by atoms with van der Waals surface area (Å²) in [5.74, 6) is -0.231. The summed E-state index contributed by atoms with van der Waals surface area (Å²) in [4.78, 5) is 12.2. The van der Waals surface area contributed by atoms with E-state index in [0.717, 1.165) is 28.1 Å². The van der Waals surface area contributed by atoms with Crippen molar-refractivity contribution in [2.45, 2.75) is 0 Å². The van der Waals surface area contributed by atoms with Gasteiger partial charge in [0.25, 0.3) is 5.91 Å². The van der Waals surface area contributed by atoms with Crippen molar-refractivity contribution in [3.05, 3.63) is 102 Å². The van der Waals surface area contributed by atoms with Gasteiger partial charge in [-0.1, -0.05) is 78.9 Å². The van der Waals surface area contributed by atoms with Crippen LogP contribution in [0.5, 0.6) is 0 Å². The van der Waals surface area contributed by atoms with E-state index in [0.29, 0.717) is 5.71 Å². The van der Waals surface area contributed by atoms with Crippen LogP contribution in [-0.2, 0) is 4.79 Å². The van der Waals surface area contributed by atoms with Gasteiger partial charge >= 0.3 is 0 Å². The summed E-state index contributed by atoms with van der Waals surface area (Å²) < 4.78 is 0. The molecule has 120 valence electrons. The SMILES string of the molecule is O=C1Nc2ccccc2/C1=N/N=C(c1ccccc1)c1ccccc1. The molecule has 3 aromatic carbocycles. The van der Waals surface area contributed by atoms with E-state index in [1.54, 1.807) is 0 Å². The van der Waals surface area contributed by atoms with E-state index in [2.05, 4.69) is 15.5 Å². The topological polar surface area (TPSA) is 53.8 Å². The van der Waals surface area contributed by atoms with E-state index < -0.39 is 0 Å². The Morgan fingerprint density at radius 2 is 1.28 bits per heavy atom. The second kappa shape index (κ2) is 6.53. The van der Waals surface area contributed by atoms with E-state index in [-0.39, 0.29) is 5.91 Å². The zero-order chi connectivity index (χ0) is 17.1. The van der Waals surface area contributed by atoms with Crippen LogP contribution in [0.2, 0.25) is 0 Å². The Labute approximate surface area is 145 Å². The van der Waals surface area contributed by atoms with E-state index >= 15 is 0 Å². The van der Waals surface area contributed by atoms with Gasteiger partial charge < -0.3 is 5.32 Å². The summed E-state index contributed by atoms with van der Waals surface area (Å²) in [6, 6.07) is 27.2. The zero-order valence-electron chi connectivity index (χ0n) is 13.4. The van der Waals surface area contributed by atoms with Crippen LogP contribution >= 0.6 is 0 Å². The van der Waals surface area contributed by atoms with Crippen LogP contribution in [0.3, 0.4) is 0 Å². The molecule has 1 amide bonds. The molecule has 0 unspecified atom stereocenters. The monoisotopic (exact) mass is 325 g/mol. The maximum atomic E-state index is 12.2. The summed E-state index contributed by atoms with van der Waals surface area (Å²) in [6.45, 7) is 0. The maximum Gasteiger partial charge on any atom is 0.276 e. The average molecular weight is 325 g/mol. The lowest BCUT2D eigenvalue weighted by Crippen LogP contribution is -2.14. The van der Waals surface area contributed by atoms with Gasteiger partial charge in [0, 0.05) is 16.7 Å². The minimum Gasteiger partial charge on any atom is -0.320 e. The molecule has 4 rings (SSSR count). The maximum absolute atomic E-state index is 12.2. The lowest BCUT2D eigenvalue weighted by molar-refractivity contribution is -0.110. The highest BCUT2D eigenvalue weighted by Crippen LogP contribution is 2.23. The van der Waals surface area contributed by atoms with Crippen molar-refractivity contribution in [3.8, 4) is 0 Å². The van der Waals surface area contributed by atoms with Crippen LogP contribution < -0.4 is 5.32 Å². The van der Waals surface area contributed by atoms with Crippen molar-refractivity contribution >= 4 is 23.0 Å². The fourth-order valence-electron chi connectivity index (χ4n) is 2.78. The number of hydrogen-bond donors (Lipinski definition) is 1. The summed E-state index contributed by atoms with van der Waals surface area (Å²) >= 11 is 0. The van der Waals surface area contributed by atoms with Gasteiger partial charge in [0.05, 0.1) is 5.69 Å². The number of hydrogen-bond acceptors (Lipinski definition) is 3. The van der Waals surface area contributed by atoms with Crippen molar-refractivity contribution in [2.24, 2.45) is 10.2 Å². The number of anilines is 1. The summed E-state index contributed by atoms with van der Waals surface area (Å²) in [6.07, 6.45) is 0. The second-order valence-electron chi connectivity index (χ2n) is 5.63. The minimum atomic E-state index is -0.231. The third-order valence-corrected chi connectivity index (χ3v) is 3.99. The molecule has 1 heterocycles. The van der Waals surface area contributed by atoms with Crippen LogP contribution in [-0.4, -0.2) is 17.3 Å². The number of carbonyl (C=O) groups excluding carboxylic acids is 1. The smallest absolute Gasteiger partial charge is 0.276 e. The van der Waals surface area contributed by atoms with E-state index in [9.17, 15) is 4.79 Å². The molecule has 1 aliphatic heterocycles. The van der Waals surface area contributed by atoms with Crippen molar-refractivity contribution in [2.75, 3.05) is 5.32 Å². The molecule has 25 heavy (non-hydrogen) atoms. The first-order chi connectivity index (χ1) is 12.3. The Morgan fingerprint density at radius 3 is 1.92 bits per heavy atom. The third kappa shape index (κ3) is 2.97. The second-order valence-corrected chi connectivity index (χ2v) is 5.63. The predicted molar refractivity (Wildman–Crippen MR) is 100 cm³/mol. The first kappa shape index (κ1) is 15.0. The van der Waals surface area contributed by atoms with Gasteiger partial charge in [0.15, 0.2) is 5.71 Å². The molecular formula is C21H15N3O. The number of nitrogens with zero attached hydrogens (tertiary/aromatic N) is 2. The first-order valence-electron chi connectivity index (χ1n) is 8.00. The third-order valence-electron chi connectivity index (χ3n) is 3.99. The summed E-state index contributed by atoms with van der Waals surface area (Å²) in [5.41, 5.74) is 4.50. The first-order valence-corrected chi connectivity index (χ1v) is 8.00. The molecule has 4 heteroatoms. The van der Waals surface area contributed by atoms with Gasteiger partial charge in [-0.3, -0.25) is 4.79 Å². The normalized spacial score (nSPS) is 14.1. The average Bonchev–Trinajstić information content (AvgIpc) is 2.99. The van der Waals surface area contributed by atoms with Gasteiger partial charge in [-0.25, -0.2) is 0 Å². The van der Waals surface area contributed by atoms with Crippen molar-refractivity contribution in [1.82, 2.24) is 0 Å². The van der Waals surface area contributed by atoms with Gasteiger partial charge in [-0.2, -0.15) is 0 Å². The number of carbonyl (C=O) groups is 1. The number of para-hydroxylation sites is 1. The Bertz CT molecular complexity index is 935. The van der Waals surface area contributed by atoms with E-state index in [4.69, 9.17) is 0 Å². The van der Waals surface area contributed by atoms with Crippen LogP contribution in [0.15, 0.2) is 95.1 Å². The molecule has 0 fully saturated rings. The van der Waals surface area contributed by atoms with Crippen molar-refractivity contribution in [1.29, 1.82) is 0 Å². The molecule has 0 spiro atoms. The Morgan fingerprint density at radius 1 is 0.720 bits per heavy atom. The molecule has 0 saturated carbocycles. The number of amides is 1. The Balaban J connectivity index is 1.82. The molecule has 0 saturated heterocycles. The Hall–Kier alpha value is -3.53. The standard InChI is InChI=1S/C21H15N3O/c25-21-20(17-13-7-8-14-18(17)22-21)24-23-19(15-9-3-1-4-10-15)16-11-5-2-6-12-16/h1-14H,(H,22,24,25). The summed E-state index contributed by atoms with van der Waals surface area (Å²) in [7, 11) is 0. The van der Waals surface area contributed by atoms with Crippen molar-refractivity contribution < 1.29 is 4.79 Å². The van der Waals surface area contributed by atoms with Gasteiger partial charge in [-0.15, -0.1) is 10.2 Å². The minimum absolute atomic E-state index is 0.231. The fraction of sp³-hybridized carbons (Fsp3) is 0. The number of benzene rings is 3. The highest BCUT2D eigenvalue weighted by Gasteiger charge is 2.25. The van der Waals surface area contributed by atoms with Crippen LogP contribution in [0.25, 0.3) is 0 Å². The molecule has 0 aromatic heterocycles. The fourth-order valence-corrected chi connectivity index (χ4v) is 2.78. The molecule has 3 aromatic rings. The zero-order valence-corrected chi connectivity index (χ0v) is 13.4. The predicted octanol–water partition coefficient (Wildman–Crippen LogP) is 3.88. The van der Waals surface area contributed by atoms with Gasteiger partial charge in [0.1, 0.15) is 5.71 Å². The molecule has 1 aliphatic rings. The largest absolute Gasteiger partial charge is 0.320 e. The summed E-state index contributed by atoms with van der Waals surface area (Å²) in [5, 5.41) is 11.5. The van der Waals surface area contributed by atoms with E-state index in [1.165, 1.54) is 0 Å². The van der Waals surface area contributed by atoms with Crippen LogP contribution in [0.4, 0.5) is 5.69 Å². The van der Waals surface area contributed by atoms with Gasteiger partial charge in [0.2, 0.25) is 0 Å². The molecule has 0 atom stereocenters. The molecule has 4 nitrogen and oxygen atoms in total. The molecule has 0 aliphatic carbocycles. The highest BCUT2D eigenvalue weighted by atomic mass is 16.2. The van der Waals surface area contributed by atoms with Gasteiger partial charge in [-0.05, 0) is 6.07 Å². The quantitative estimate of drug-likeness (QED) is 0.576. The molecule has 0 radical (unpaired) electrons. The number of rotatable bonds is 3.